The van der Waals surface area contributed by atoms with Crippen molar-refractivity contribution in [1.29, 1.82) is 0 Å². The molecule has 1 heterocycles. The van der Waals surface area contributed by atoms with E-state index in [2.05, 4.69) is 0 Å². The van der Waals surface area contributed by atoms with Gasteiger partial charge in [-0.15, -0.1) is 0 Å². The van der Waals surface area contributed by atoms with E-state index in [0.717, 1.165) is 12.1 Å². The summed E-state index contributed by atoms with van der Waals surface area (Å²) in [5.41, 5.74) is -0.142. The Morgan fingerprint density at radius 2 is 1.56 bits per heavy atom. The maximum Gasteiger partial charge on any atom is 0.416 e. The predicted molar refractivity (Wildman–Crippen MR) is 53.0 cm³/mol. The highest BCUT2D eigenvalue weighted by Crippen LogP contribution is 2.29. The Morgan fingerprint density at radius 3 is 2.19 bits per heavy atom. The molecule has 0 N–H and O–H groups in total. The predicted octanol–water partition coefficient (Wildman–Crippen LogP) is 2.98. The Labute approximate surface area is 90.8 Å². The van der Waals surface area contributed by atoms with Crippen molar-refractivity contribution < 1.29 is 17.7 Å². The first-order valence-corrected chi connectivity index (χ1v) is 4.71. The Bertz CT molecular complexity index is 477. The molecular formula is C12H9F3N+. The van der Waals surface area contributed by atoms with Gasteiger partial charge in [-0.1, -0.05) is 12.1 Å². The maximum atomic E-state index is 12.5. The smallest absolute Gasteiger partial charge is 0.167 e. The van der Waals surface area contributed by atoms with Gasteiger partial charge in [0.05, 0.1) is 5.56 Å². The van der Waals surface area contributed by atoms with E-state index in [-0.39, 0.29) is 0 Å². The van der Waals surface area contributed by atoms with Crippen molar-refractivity contribution in [2.45, 2.75) is 6.18 Å². The average molecular weight is 224 g/mol. The first kappa shape index (κ1) is 10.7. The number of benzene rings is 1. The van der Waals surface area contributed by atoms with Crippen LogP contribution in [0.25, 0.3) is 5.69 Å². The van der Waals surface area contributed by atoms with E-state index >= 15 is 0 Å². The molecule has 82 valence electrons. The molecule has 2 rings (SSSR count). The Hall–Kier alpha value is -1.84. The summed E-state index contributed by atoms with van der Waals surface area (Å²) >= 11 is 0. The van der Waals surface area contributed by atoms with Crippen LogP contribution in [0.5, 0.6) is 0 Å². The number of alkyl halides is 3. The summed E-state index contributed by atoms with van der Waals surface area (Å²) in [5, 5.41) is 0. The van der Waals surface area contributed by atoms with E-state index in [4.69, 9.17) is 0 Å². The van der Waals surface area contributed by atoms with Crippen LogP contribution >= 0.6 is 0 Å². The molecule has 16 heavy (non-hydrogen) atoms. The van der Waals surface area contributed by atoms with Crippen LogP contribution in [0.2, 0.25) is 0 Å². The molecule has 0 radical (unpaired) electrons. The minimum atomic E-state index is -4.30. The first-order chi connectivity index (χ1) is 7.57. The molecule has 0 saturated carbocycles. The van der Waals surface area contributed by atoms with Gasteiger partial charge >= 0.3 is 6.18 Å². The van der Waals surface area contributed by atoms with E-state index in [1.165, 1.54) is 6.07 Å². The van der Waals surface area contributed by atoms with Gasteiger partial charge in [0.25, 0.3) is 0 Å². The number of rotatable bonds is 1. The Kier molecular flexibility index (Phi) is 2.64. The Balaban J connectivity index is 2.45. The van der Waals surface area contributed by atoms with Crippen LogP contribution in [0.15, 0.2) is 54.9 Å². The molecule has 1 aromatic carbocycles. The molecule has 0 saturated heterocycles. The molecular weight excluding hydrogens is 215 g/mol. The molecule has 2 aromatic rings. The summed E-state index contributed by atoms with van der Waals surface area (Å²) in [6.45, 7) is 0. The minimum absolute atomic E-state index is 0.496. The number of pyridine rings is 1. The SMILES string of the molecule is FC(F)(F)c1cccc(-[n+]2ccccc2)c1. The lowest BCUT2D eigenvalue weighted by molar-refractivity contribution is -0.595. The lowest BCUT2D eigenvalue weighted by Crippen LogP contribution is -2.29. The molecule has 0 fully saturated rings. The third kappa shape index (κ3) is 2.21. The van der Waals surface area contributed by atoms with Crippen molar-refractivity contribution in [2.75, 3.05) is 0 Å². The molecule has 0 aliphatic heterocycles. The van der Waals surface area contributed by atoms with Gasteiger partial charge < -0.3 is 0 Å². The van der Waals surface area contributed by atoms with Gasteiger partial charge in [-0.05, 0) is 6.07 Å². The van der Waals surface area contributed by atoms with Crippen molar-refractivity contribution in [1.82, 2.24) is 0 Å². The Morgan fingerprint density at radius 1 is 0.875 bits per heavy atom. The zero-order chi connectivity index (χ0) is 11.6. The van der Waals surface area contributed by atoms with Crippen molar-refractivity contribution in [3.63, 3.8) is 0 Å². The quantitative estimate of drug-likeness (QED) is 0.655. The molecule has 0 aliphatic rings. The number of nitrogens with zero attached hydrogens (tertiary/aromatic N) is 1. The van der Waals surface area contributed by atoms with Gasteiger partial charge in [-0.25, -0.2) is 0 Å². The van der Waals surface area contributed by atoms with Crippen LogP contribution in [-0.4, -0.2) is 0 Å². The number of halogens is 3. The zero-order valence-electron chi connectivity index (χ0n) is 8.28. The van der Waals surface area contributed by atoms with Crippen LogP contribution in [0, 0.1) is 0 Å². The summed E-state index contributed by atoms with van der Waals surface area (Å²) in [6, 6.07) is 10.6. The maximum absolute atomic E-state index is 12.5. The van der Waals surface area contributed by atoms with Crippen LogP contribution in [-0.2, 0) is 6.18 Å². The third-order valence-electron chi connectivity index (χ3n) is 2.19. The largest absolute Gasteiger partial charge is 0.416 e. The average Bonchev–Trinajstić information content (AvgIpc) is 2.29. The minimum Gasteiger partial charge on any atom is -0.167 e. The molecule has 1 aromatic heterocycles. The topological polar surface area (TPSA) is 3.88 Å². The van der Waals surface area contributed by atoms with Gasteiger partial charge in [-0.3, -0.25) is 0 Å². The van der Waals surface area contributed by atoms with Gasteiger partial charge in [0, 0.05) is 24.3 Å². The monoisotopic (exact) mass is 224 g/mol. The second-order valence-electron chi connectivity index (χ2n) is 3.33. The standard InChI is InChI=1S/C12H9F3N/c13-12(14,15)10-5-4-6-11(9-10)16-7-2-1-3-8-16/h1-9H/q+1. The normalized spacial score (nSPS) is 11.4. The molecule has 0 aliphatic carbocycles. The lowest BCUT2D eigenvalue weighted by atomic mass is 10.2. The molecule has 0 bridgehead atoms. The summed E-state index contributed by atoms with van der Waals surface area (Å²) < 4.78 is 39.1. The van der Waals surface area contributed by atoms with E-state index in [0.29, 0.717) is 5.69 Å². The van der Waals surface area contributed by atoms with Gasteiger partial charge in [0.1, 0.15) is 0 Å². The van der Waals surface area contributed by atoms with E-state index < -0.39 is 11.7 Å². The summed E-state index contributed by atoms with van der Waals surface area (Å²) in [5.74, 6) is 0. The second-order valence-corrected chi connectivity index (χ2v) is 3.33. The van der Waals surface area contributed by atoms with Crippen molar-refractivity contribution in [2.24, 2.45) is 0 Å². The molecule has 0 atom stereocenters. The van der Waals surface area contributed by atoms with E-state index in [9.17, 15) is 13.2 Å². The summed E-state index contributed by atoms with van der Waals surface area (Å²) in [4.78, 5) is 0. The highest BCUT2D eigenvalue weighted by atomic mass is 19.4. The van der Waals surface area contributed by atoms with Gasteiger partial charge in [0.2, 0.25) is 5.69 Å². The van der Waals surface area contributed by atoms with Gasteiger partial charge in [0.15, 0.2) is 12.4 Å². The highest BCUT2D eigenvalue weighted by molar-refractivity contribution is 5.30. The van der Waals surface area contributed by atoms with Crippen molar-refractivity contribution >= 4 is 0 Å². The fourth-order valence-electron chi connectivity index (χ4n) is 1.41. The number of hydrogen-bond donors (Lipinski definition) is 0. The molecule has 1 nitrogen and oxygen atoms in total. The fourth-order valence-corrected chi connectivity index (χ4v) is 1.41. The molecule has 0 spiro atoms. The summed E-state index contributed by atoms with van der Waals surface area (Å²) in [6.07, 6.45) is -0.893. The number of aromatic nitrogens is 1. The first-order valence-electron chi connectivity index (χ1n) is 4.71. The van der Waals surface area contributed by atoms with Crippen LogP contribution in [0.4, 0.5) is 13.2 Å². The second kappa shape index (κ2) is 3.96. The van der Waals surface area contributed by atoms with Crippen LogP contribution in [0.1, 0.15) is 5.56 Å². The van der Waals surface area contributed by atoms with Crippen LogP contribution < -0.4 is 4.57 Å². The third-order valence-corrected chi connectivity index (χ3v) is 2.19. The molecule has 0 amide bonds. The van der Waals surface area contributed by atoms with E-state index in [1.54, 1.807) is 35.2 Å². The molecule has 0 unspecified atom stereocenters. The fraction of sp³-hybridized carbons (Fsp3) is 0.0833. The summed E-state index contributed by atoms with van der Waals surface area (Å²) in [7, 11) is 0. The highest BCUT2D eigenvalue weighted by Gasteiger charge is 2.31. The lowest BCUT2D eigenvalue weighted by Gasteiger charge is -2.05. The molecule has 4 heteroatoms. The van der Waals surface area contributed by atoms with Crippen molar-refractivity contribution in [3.05, 3.63) is 60.4 Å². The number of hydrogen-bond acceptors (Lipinski definition) is 0. The van der Waals surface area contributed by atoms with Gasteiger partial charge in [-0.2, -0.15) is 17.7 Å². The van der Waals surface area contributed by atoms with E-state index in [1.807, 2.05) is 6.07 Å². The van der Waals surface area contributed by atoms with Crippen LogP contribution in [0.3, 0.4) is 0 Å². The zero-order valence-corrected chi connectivity index (χ0v) is 8.28. The van der Waals surface area contributed by atoms with Crippen molar-refractivity contribution in [3.8, 4) is 5.69 Å².